The number of halogens is 2. The molecule has 9 heteroatoms. The largest absolute Gasteiger partial charge is 0.415 e. The van der Waals surface area contributed by atoms with Gasteiger partial charge < -0.3 is 13.4 Å². The summed E-state index contributed by atoms with van der Waals surface area (Å²) in [6, 6.07) is 6.59. The van der Waals surface area contributed by atoms with E-state index in [1.165, 1.54) is 10.6 Å². The Labute approximate surface area is 139 Å². The average molecular weight is 343 g/mol. The van der Waals surface area contributed by atoms with Gasteiger partial charge in [-0.1, -0.05) is 6.07 Å². The van der Waals surface area contributed by atoms with Crippen LogP contribution in [0.4, 0.5) is 8.78 Å². The van der Waals surface area contributed by atoms with Gasteiger partial charge in [-0.2, -0.15) is 8.78 Å². The molecule has 0 aromatic carbocycles. The Morgan fingerprint density at radius 2 is 2.04 bits per heavy atom. The van der Waals surface area contributed by atoms with E-state index in [1.54, 1.807) is 18.5 Å². The van der Waals surface area contributed by atoms with E-state index in [0.717, 1.165) is 11.2 Å². The minimum atomic E-state index is -2.85. The maximum Gasteiger partial charge on any atom is 0.314 e. The van der Waals surface area contributed by atoms with Gasteiger partial charge in [-0.25, -0.2) is 4.98 Å². The molecule has 4 aromatic heterocycles. The van der Waals surface area contributed by atoms with Crippen LogP contribution in [0.3, 0.4) is 0 Å². The van der Waals surface area contributed by atoms with Crippen LogP contribution in [0.15, 0.2) is 58.3 Å². The maximum absolute atomic E-state index is 12.5. The van der Waals surface area contributed by atoms with Gasteiger partial charge in [-0.05, 0) is 17.7 Å². The molecule has 0 saturated heterocycles. The molecule has 126 valence electrons. The molecule has 0 bridgehead atoms. The molecule has 0 N–H and O–H groups in total. The van der Waals surface area contributed by atoms with Gasteiger partial charge in [0.2, 0.25) is 5.89 Å². The Bertz CT molecular complexity index is 1100. The second-order valence-electron chi connectivity index (χ2n) is 5.36. The Balaban J connectivity index is 1.61. The summed E-state index contributed by atoms with van der Waals surface area (Å²) in [5.41, 5.74) is 1.72. The minimum absolute atomic E-state index is 0.112. The van der Waals surface area contributed by atoms with Crippen LogP contribution in [0.25, 0.3) is 17.1 Å². The molecule has 0 aliphatic rings. The first-order chi connectivity index (χ1) is 12.1. The van der Waals surface area contributed by atoms with Crippen LogP contribution in [0.5, 0.6) is 0 Å². The number of nitrogens with zero attached hydrogens (tertiary/aromatic N) is 5. The molecule has 0 radical (unpaired) electrons. The topological polar surface area (TPSA) is 78.2 Å². The summed E-state index contributed by atoms with van der Waals surface area (Å²) < 4.78 is 33.2. The van der Waals surface area contributed by atoms with Gasteiger partial charge in [-0.3, -0.25) is 4.79 Å². The first kappa shape index (κ1) is 15.2. The van der Waals surface area contributed by atoms with E-state index in [4.69, 9.17) is 4.42 Å². The third kappa shape index (κ3) is 2.91. The summed E-state index contributed by atoms with van der Waals surface area (Å²) in [4.78, 5) is 16.4. The van der Waals surface area contributed by atoms with Crippen LogP contribution in [-0.2, 0) is 6.54 Å². The van der Waals surface area contributed by atoms with Crippen molar-refractivity contribution in [2.24, 2.45) is 0 Å². The van der Waals surface area contributed by atoms with Crippen LogP contribution < -0.4 is 5.56 Å². The van der Waals surface area contributed by atoms with Crippen molar-refractivity contribution >= 4 is 5.65 Å². The van der Waals surface area contributed by atoms with Crippen LogP contribution in [-0.4, -0.2) is 24.1 Å². The van der Waals surface area contributed by atoms with Gasteiger partial charge in [0.25, 0.3) is 11.4 Å². The predicted octanol–water partition coefficient (Wildman–Crippen LogP) is 2.53. The van der Waals surface area contributed by atoms with E-state index in [0.29, 0.717) is 12.1 Å². The predicted molar refractivity (Wildman–Crippen MR) is 83.2 cm³/mol. The molecule has 4 aromatic rings. The number of hydrogen-bond acceptors (Lipinski definition) is 5. The van der Waals surface area contributed by atoms with Crippen molar-refractivity contribution in [2.45, 2.75) is 13.0 Å². The van der Waals surface area contributed by atoms with Crippen LogP contribution in [0.2, 0.25) is 0 Å². The molecule has 0 saturated carbocycles. The normalized spacial score (nSPS) is 11.5. The summed E-state index contributed by atoms with van der Waals surface area (Å²) in [6.07, 6.45) is 4.11. The van der Waals surface area contributed by atoms with Gasteiger partial charge >= 0.3 is 6.43 Å². The number of aromatic nitrogens is 5. The molecule has 0 amide bonds. The summed E-state index contributed by atoms with van der Waals surface area (Å²) in [7, 11) is 0. The van der Waals surface area contributed by atoms with Crippen LogP contribution >= 0.6 is 0 Å². The highest BCUT2D eigenvalue weighted by Crippen LogP contribution is 2.22. The fourth-order valence-corrected chi connectivity index (χ4v) is 2.47. The summed E-state index contributed by atoms with van der Waals surface area (Å²) in [6.45, 7) is 0.360. The molecule has 0 fully saturated rings. The van der Waals surface area contributed by atoms with E-state index in [-0.39, 0.29) is 11.4 Å². The number of hydrogen-bond donors (Lipinski definition) is 0. The zero-order valence-electron chi connectivity index (χ0n) is 12.7. The van der Waals surface area contributed by atoms with Crippen molar-refractivity contribution < 1.29 is 13.2 Å². The van der Waals surface area contributed by atoms with E-state index in [9.17, 15) is 13.6 Å². The third-order valence-corrected chi connectivity index (χ3v) is 3.67. The van der Waals surface area contributed by atoms with E-state index < -0.39 is 12.3 Å². The number of fused-ring (bicyclic) bond motifs is 1. The summed E-state index contributed by atoms with van der Waals surface area (Å²) >= 11 is 0. The number of imidazole rings is 1. The zero-order chi connectivity index (χ0) is 17.4. The molecule has 0 aliphatic heterocycles. The lowest BCUT2D eigenvalue weighted by Crippen LogP contribution is -2.19. The minimum Gasteiger partial charge on any atom is -0.415 e. The van der Waals surface area contributed by atoms with Gasteiger partial charge in [0.1, 0.15) is 5.65 Å². The lowest BCUT2D eigenvalue weighted by atomic mass is 10.2. The van der Waals surface area contributed by atoms with Gasteiger partial charge in [0, 0.05) is 36.4 Å². The molecule has 0 unspecified atom stereocenters. The molecule has 0 aliphatic carbocycles. The van der Waals surface area contributed by atoms with Crippen molar-refractivity contribution in [1.29, 1.82) is 0 Å². The molecular formula is C16H11F2N5O2. The zero-order valence-corrected chi connectivity index (χ0v) is 12.7. The molecule has 0 spiro atoms. The SMILES string of the molecule is O=c1cc(-c2nnc(C(F)F)o2)ccn1Cc1ccc2nccn2c1. The van der Waals surface area contributed by atoms with E-state index >= 15 is 0 Å². The number of rotatable bonds is 4. The molecule has 7 nitrogen and oxygen atoms in total. The van der Waals surface area contributed by atoms with Gasteiger partial charge in [-0.15, -0.1) is 10.2 Å². The highest BCUT2D eigenvalue weighted by molar-refractivity contribution is 5.51. The lowest BCUT2D eigenvalue weighted by molar-refractivity contribution is 0.116. The van der Waals surface area contributed by atoms with Gasteiger partial charge in [0.15, 0.2) is 0 Å². The number of alkyl halides is 2. The van der Waals surface area contributed by atoms with Crippen molar-refractivity contribution in [3.05, 3.63) is 70.9 Å². The van der Waals surface area contributed by atoms with Crippen LogP contribution in [0.1, 0.15) is 17.9 Å². The van der Waals surface area contributed by atoms with Gasteiger partial charge in [0.05, 0.1) is 6.54 Å². The molecular weight excluding hydrogens is 332 g/mol. The smallest absolute Gasteiger partial charge is 0.314 e. The van der Waals surface area contributed by atoms with Crippen molar-refractivity contribution in [1.82, 2.24) is 24.1 Å². The third-order valence-electron chi connectivity index (χ3n) is 3.67. The molecule has 25 heavy (non-hydrogen) atoms. The van der Waals surface area contributed by atoms with E-state index in [1.807, 2.05) is 28.9 Å². The van der Waals surface area contributed by atoms with Crippen molar-refractivity contribution in [2.75, 3.05) is 0 Å². The Hall–Kier alpha value is -3.36. The van der Waals surface area contributed by atoms with E-state index in [2.05, 4.69) is 15.2 Å². The standard InChI is InChI=1S/C16H11F2N5O2/c17-14(18)16-21-20-15(25-16)11-3-5-23(13(24)7-11)9-10-1-2-12-19-4-6-22(12)8-10/h1-8,14H,9H2. The Morgan fingerprint density at radius 3 is 2.80 bits per heavy atom. The van der Waals surface area contributed by atoms with Crippen LogP contribution in [0, 0.1) is 0 Å². The lowest BCUT2D eigenvalue weighted by Gasteiger charge is -2.07. The molecule has 0 atom stereocenters. The average Bonchev–Trinajstić information content (AvgIpc) is 3.25. The fourth-order valence-electron chi connectivity index (χ4n) is 2.47. The fraction of sp³-hybridized carbons (Fsp3) is 0.125. The summed E-state index contributed by atoms with van der Waals surface area (Å²) in [5, 5.41) is 6.79. The highest BCUT2D eigenvalue weighted by Gasteiger charge is 2.17. The highest BCUT2D eigenvalue weighted by atomic mass is 19.3. The molecule has 4 rings (SSSR count). The van der Waals surface area contributed by atoms with Crippen molar-refractivity contribution in [3.63, 3.8) is 0 Å². The number of pyridine rings is 2. The first-order valence-corrected chi connectivity index (χ1v) is 7.34. The molecule has 4 heterocycles. The summed E-state index contributed by atoms with van der Waals surface area (Å²) in [5.74, 6) is -0.882. The second-order valence-corrected chi connectivity index (χ2v) is 5.36. The Morgan fingerprint density at radius 1 is 1.16 bits per heavy atom. The quantitative estimate of drug-likeness (QED) is 0.569. The second kappa shape index (κ2) is 5.93. The van der Waals surface area contributed by atoms with Crippen molar-refractivity contribution in [3.8, 4) is 11.5 Å². The Kier molecular flexibility index (Phi) is 3.60. The maximum atomic E-state index is 12.5. The first-order valence-electron chi connectivity index (χ1n) is 7.34. The monoisotopic (exact) mass is 343 g/mol.